The van der Waals surface area contributed by atoms with Crippen molar-refractivity contribution in [2.45, 2.75) is 122 Å². The average Bonchev–Trinajstić information content (AvgIpc) is 2.54. The SMILES string of the molecule is CCCCCCCCCCCCCCCCCCCC[S+]=O. The Labute approximate surface area is 144 Å². The molecule has 0 aliphatic heterocycles. The van der Waals surface area contributed by atoms with Gasteiger partial charge in [-0.15, -0.1) is 0 Å². The van der Waals surface area contributed by atoms with Crippen LogP contribution in [0.1, 0.15) is 122 Å². The number of rotatable bonds is 19. The van der Waals surface area contributed by atoms with Gasteiger partial charge in [-0.25, -0.2) is 0 Å². The average molecular weight is 330 g/mol. The highest BCUT2D eigenvalue weighted by Crippen LogP contribution is 2.14. The largest absolute Gasteiger partial charge is 0.458 e. The standard InChI is InChI=1S/C20H41OS/c1-2-3-4-5-6-7-8-9-10-11-12-13-14-15-16-17-18-19-20-22-21/h2-20H2,1H3/q+1. The van der Waals surface area contributed by atoms with Crippen molar-refractivity contribution in [1.29, 1.82) is 0 Å². The molecule has 0 aliphatic carbocycles. The van der Waals surface area contributed by atoms with Crippen LogP contribution in [0.25, 0.3) is 0 Å². The van der Waals surface area contributed by atoms with Crippen LogP contribution >= 0.6 is 0 Å². The van der Waals surface area contributed by atoms with E-state index in [1.165, 1.54) is 109 Å². The van der Waals surface area contributed by atoms with E-state index in [2.05, 4.69) is 6.92 Å². The van der Waals surface area contributed by atoms with Crippen LogP contribution in [0, 0.1) is 0 Å². The third-order valence-corrected chi connectivity index (χ3v) is 5.04. The zero-order valence-electron chi connectivity index (χ0n) is 15.3. The van der Waals surface area contributed by atoms with Crippen molar-refractivity contribution < 1.29 is 4.21 Å². The second-order valence-corrected chi connectivity index (χ2v) is 7.48. The summed E-state index contributed by atoms with van der Waals surface area (Å²) in [5, 5.41) is 0. The summed E-state index contributed by atoms with van der Waals surface area (Å²) < 4.78 is 10.2. The smallest absolute Gasteiger partial charge is 0.0654 e. The molecule has 0 N–H and O–H groups in total. The van der Waals surface area contributed by atoms with Crippen molar-refractivity contribution in [3.8, 4) is 0 Å². The van der Waals surface area contributed by atoms with Gasteiger partial charge in [-0.2, -0.15) is 0 Å². The van der Waals surface area contributed by atoms with Gasteiger partial charge in [0.05, 0.1) is 0 Å². The molecule has 0 saturated heterocycles. The maximum Gasteiger partial charge on any atom is 0.458 e. The fourth-order valence-electron chi connectivity index (χ4n) is 3.06. The summed E-state index contributed by atoms with van der Waals surface area (Å²) in [6, 6.07) is 0. The van der Waals surface area contributed by atoms with Gasteiger partial charge in [0, 0.05) is 10.6 Å². The summed E-state index contributed by atoms with van der Waals surface area (Å²) in [7, 11) is 0. The van der Waals surface area contributed by atoms with Crippen molar-refractivity contribution >= 4 is 11.7 Å². The Kier molecular flexibility index (Phi) is 21.0. The van der Waals surface area contributed by atoms with Gasteiger partial charge < -0.3 is 0 Å². The van der Waals surface area contributed by atoms with Gasteiger partial charge in [-0.1, -0.05) is 110 Å². The monoisotopic (exact) mass is 329 g/mol. The first-order valence-electron chi connectivity index (χ1n) is 10.2. The van der Waals surface area contributed by atoms with Crippen molar-refractivity contribution in [2.24, 2.45) is 0 Å². The lowest BCUT2D eigenvalue weighted by Crippen LogP contribution is -1.85. The third kappa shape index (κ3) is 20.0. The Morgan fingerprint density at radius 3 is 1.00 bits per heavy atom. The lowest BCUT2D eigenvalue weighted by Gasteiger charge is -2.03. The van der Waals surface area contributed by atoms with Crippen molar-refractivity contribution in [1.82, 2.24) is 0 Å². The summed E-state index contributed by atoms with van der Waals surface area (Å²) in [5.41, 5.74) is 0. The summed E-state index contributed by atoms with van der Waals surface area (Å²) in [5.74, 6) is 0.804. The van der Waals surface area contributed by atoms with Crippen LogP contribution in [0.2, 0.25) is 0 Å². The molecule has 2 heteroatoms. The Balaban J connectivity index is 2.92. The minimum absolute atomic E-state index is 0.740. The number of unbranched alkanes of at least 4 members (excludes halogenated alkanes) is 17. The van der Waals surface area contributed by atoms with Crippen molar-refractivity contribution in [3.63, 3.8) is 0 Å². The molecule has 0 fully saturated rings. The molecule has 0 rings (SSSR count). The van der Waals surface area contributed by atoms with Gasteiger partial charge >= 0.3 is 11.7 Å². The molecule has 132 valence electrons. The zero-order valence-corrected chi connectivity index (χ0v) is 16.1. The van der Waals surface area contributed by atoms with E-state index in [1.54, 1.807) is 0 Å². The highest BCUT2D eigenvalue weighted by molar-refractivity contribution is 7.65. The summed E-state index contributed by atoms with van der Waals surface area (Å²) in [6.07, 6.45) is 25.3. The van der Waals surface area contributed by atoms with Gasteiger partial charge in [0.1, 0.15) is 0 Å². The van der Waals surface area contributed by atoms with E-state index < -0.39 is 0 Å². The first kappa shape index (κ1) is 22.0. The maximum absolute atomic E-state index is 10.2. The fourth-order valence-corrected chi connectivity index (χ4v) is 3.38. The van der Waals surface area contributed by atoms with Crippen LogP contribution in [0.15, 0.2) is 0 Å². The van der Waals surface area contributed by atoms with E-state index in [4.69, 9.17) is 0 Å². The summed E-state index contributed by atoms with van der Waals surface area (Å²) >= 11 is 0.740. The zero-order chi connectivity index (χ0) is 16.1. The van der Waals surface area contributed by atoms with Crippen LogP contribution < -0.4 is 0 Å². The molecule has 0 amide bonds. The Morgan fingerprint density at radius 2 is 0.727 bits per heavy atom. The molecule has 1 nitrogen and oxygen atoms in total. The van der Waals surface area contributed by atoms with Gasteiger partial charge in [0.15, 0.2) is 0 Å². The molecule has 0 spiro atoms. The minimum Gasteiger partial charge on any atom is -0.0654 e. The highest BCUT2D eigenvalue weighted by Gasteiger charge is 1.98. The first-order chi connectivity index (χ1) is 10.9. The van der Waals surface area contributed by atoms with Crippen LogP contribution in [-0.4, -0.2) is 5.75 Å². The summed E-state index contributed by atoms with van der Waals surface area (Å²) in [4.78, 5) is 0. The number of hydrogen-bond acceptors (Lipinski definition) is 1. The third-order valence-electron chi connectivity index (χ3n) is 4.58. The second kappa shape index (κ2) is 21.0. The molecule has 22 heavy (non-hydrogen) atoms. The number of hydrogen-bond donors (Lipinski definition) is 0. The van der Waals surface area contributed by atoms with E-state index in [0.29, 0.717) is 0 Å². The van der Waals surface area contributed by atoms with E-state index >= 15 is 0 Å². The lowest BCUT2D eigenvalue weighted by atomic mass is 10.0. The normalized spacial score (nSPS) is 11.0. The molecule has 0 radical (unpaired) electrons. The summed E-state index contributed by atoms with van der Waals surface area (Å²) in [6.45, 7) is 2.29. The van der Waals surface area contributed by atoms with E-state index in [9.17, 15) is 4.21 Å². The molecule has 0 unspecified atom stereocenters. The van der Waals surface area contributed by atoms with E-state index in [1.807, 2.05) is 0 Å². The quantitative estimate of drug-likeness (QED) is 0.177. The van der Waals surface area contributed by atoms with E-state index in [0.717, 1.165) is 23.8 Å². The van der Waals surface area contributed by atoms with Crippen molar-refractivity contribution in [2.75, 3.05) is 5.75 Å². The molecule has 0 heterocycles. The van der Waals surface area contributed by atoms with Crippen LogP contribution in [0.5, 0.6) is 0 Å². The van der Waals surface area contributed by atoms with Gasteiger partial charge in [-0.3, -0.25) is 0 Å². The molecule has 0 aromatic carbocycles. The molecular formula is C20H41OS+. The first-order valence-corrected chi connectivity index (χ1v) is 11.1. The van der Waals surface area contributed by atoms with Crippen molar-refractivity contribution in [3.05, 3.63) is 0 Å². The molecule has 0 saturated carbocycles. The van der Waals surface area contributed by atoms with Crippen LogP contribution in [-0.2, 0) is 15.9 Å². The van der Waals surface area contributed by atoms with Gasteiger partial charge in [0.2, 0.25) is 5.75 Å². The van der Waals surface area contributed by atoms with Crippen LogP contribution in [0.3, 0.4) is 0 Å². The predicted molar refractivity (Wildman–Crippen MR) is 102 cm³/mol. The molecule has 0 aromatic heterocycles. The Bertz CT molecular complexity index is 206. The molecule has 0 atom stereocenters. The molecule has 0 aromatic rings. The topological polar surface area (TPSA) is 17.1 Å². The Morgan fingerprint density at radius 1 is 0.455 bits per heavy atom. The lowest BCUT2D eigenvalue weighted by molar-refractivity contribution is 0.526. The maximum atomic E-state index is 10.2. The minimum atomic E-state index is 0.740. The fraction of sp³-hybridized carbons (Fsp3) is 1.00. The Hall–Kier alpha value is 0.0200. The predicted octanol–water partition coefficient (Wildman–Crippen LogP) is 7.46. The molecule has 0 aliphatic rings. The molecule has 0 bridgehead atoms. The van der Waals surface area contributed by atoms with Gasteiger partial charge in [-0.05, 0) is 6.42 Å². The molecular weight excluding hydrogens is 288 g/mol. The van der Waals surface area contributed by atoms with Crippen LogP contribution in [0.4, 0.5) is 0 Å². The van der Waals surface area contributed by atoms with Gasteiger partial charge in [0.25, 0.3) is 0 Å². The second-order valence-electron chi connectivity index (χ2n) is 6.83. The van der Waals surface area contributed by atoms with E-state index in [-0.39, 0.29) is 0 Å². The highest BCUT2D eigenvalue weighted by atomic mass is 32.1.